The van der Waals surface area contributed by atoms with Crippen molar-refractivity contribution in [3.63, 3.8) is 0 Å². The molecule has 0 spiro atoms. The lowest BCUT2D eigenvalue weighted by Gasteiger charge is -2.21. The zero-order valence-corrected chi connectivity index (χ0v) is 8.99. The van der Waals surface area contributed by atoms with Crippen LogP contribution in [0.15, 0.2) is 0 Å². The molecule has 2 nitrogen and oxygen atoms in total. The van der Waals surface area contributed by atoms with E-state index in [4.69, 9.17) is 4.74 Å². The lowest BCUT2D eigenvalue weighted by atomic mass is 9.91. The maximum atomic E-state index is 9.89. The molecule has 1 heterocycles. The van der Waals surface area contributed by atoms with Gasteiger partial charge in [-0.3, -0.25) is 0 Å². The Bertz CT molecular complexity index is 145. The number of rotatable bonds is 4. The van der Waals surface area contributed by atoms with Crippen molar-refractivity contribution in [3.8, 4) is 0 Å². The van der Waals surface area contributed by atoms with Crippen LogP contribution in [-0.2, 0) is 4.74 Å². The second kappa shape index (κ2) is 4.97. The van der Waals surface area contributed by atoms with Crippen molar-refractivity contribution < 1.29 is 9.84 Å². The summed E-state index contributed by atoms with van der Waals surface area (Å²) in [6.45, 7) is 7.28. The Balaban J connectivity index is 2.25. The number of ether oxygens (including phenoxy) is 1. The summed E-state index contributed by atoms with van der Waals surface area (Å²) in [5.74, 6) is 1.06. The first-order valence-corrected chi connectivity index (χ1v) is 5.41. The van der Waals surface area contributed by atoms with E-state index in [-0.39, 0.29) is 12.2 Å². The van der Waals surface area contributed by atoms with Crippen LogP contribution in [-0.4, -0.2) is 23.9 Å². The van der Waals surface area contributed by atoms with E-state index in [1.54, 1.807) is 0 Å². The van der Waals surface area contributed by atoms with Gasteiger partial charge < -0.3 is 9.84 Å². The monoisotopic (exact) mass is 186 g/mol. The van der Waals surface area contributed by atoms with Gasteiger partial charge in [-0.1, -0.05) is 13.8 Å². The van der Waals surface area contributed by atoms with E-state index in [2.05, 4.69) is 20.8 Å². The fourth-order valence-corrected chi connectivity index (χ4v) is 1.97. The van der Waals surface area contributed by atoms with E-state index in [0.29, 0.717) is 11.8 Å². The van der Waals surface area contributed by atoms with Crippen LogP contribution in [0.25, 0.3) is 0 Å². The molecule has 3 unspecified atom stereocenters. The minimum atomic E-state index is -0.153. The normalized spacial score (nSPS) is 31.2. The summed E-state index contributed by atoms with van der Waals surface area (Å²) in [5.41, 5.74) is 0. The van der Waals surface area contributed by atoms with Crippen LogP contribution in [0.5, 0.6) is 0 Å². The van der Waals surface area contributed by atoms with Gasteiger partial charge in [0, 0.05) is 12.5 Å². The molecule has 2 heteroatoms. The van der Waals surface area contributed by atoms with Gasteiger partial charge in [0.2, 0.25) is 0 Å². The van der Waals surface area contributed by atoms with Gasteiger partial charge in [-0.2, -0.15) is 0 Å². The predicted octanol–water partition coefficient (Wildman–Crippen LogP) is 2.21. The summed E-state index contributed by atoms with van der Waals surface area (Å²) >= 11 is 0. The lowest BCUT2D eigenvalue weighted by Crippen LogP contribution is -2.26. The SMILES string of the molecule is CC(C)CCC(O)C1CCOC1C. The zero-order chi connectivity index (χ0) is 9.84. The molecule has 0 radical (unpaired) electrons. The van der Waals surface area contributed by atoms with Crippen molar-refractivity contribution in [1.29, 1.82) is 0 Å². The van der Waals surface area contributed by atoms with Gasteiger partial charge in [0.05, 0.1) is 12.2 Å². The Hall–Kier alpha value is -0.0800. The van der Waals surface area contributed by atoms with E-state index >= 15 is 0 Å². The Morgan fingerprint density at radius 1 is 1.38 bits per heavy atom. The molecule has 1 aliphatic rings. The van der Waals surface area contributed by atoms with Crippen LogP contribution in [0.4, 0.5) is 0 Å². The highest BCUT2D eigenvalue weighted by Gasteiger charge is 2.30. The standard InChI is InChI=1S/C11H22O2/c1-8(2)4-5-11(12)10-6-7-13-9(10)3/h8-12H,4-7H2,1-3H3. The Morgan fingerprint density at radius 3 is 2.54 bits per heavy atom. The topological polar surface area (TPSA) is 29.5 Å². The largest absolute Gasteiger partial charge is 0.393 e. The number of aliphatic hydroxyl groups is 1. The smallest absolute Gasteiger partial charge is 0.0600 e. The van der Waals surface area contributed by atoms with Crippen LogP contribution in [0, 0.1) is 11.8 Å². The minimum absolute atomic E-state index is 0.153. The second-order valence-electron chi connectivity index (χ2n) is 4.57. The van der Waals surface area contributed by atoms with Crippen molar-refractivity contribution in [2.45, 2.75) is 52.2 Å². The highest BCUT2D eigenvalue weighted by molar-refractivity contribution is 4.79. The van der Waals surface area contributed by atoms with Crippen LogP contribution in [0.3, 0.4) is 0 Å². The highest BCUT2D eigenvalue weighted by Crippen LogP contribution is 2.26. The third-order valence-corrected chi connectivity index (χ3v) is 2.97. The molecule has 1 aliphatic heterocycles. The molecule has 13 heavy (non-hydrogen) atoms. The van der Waals surface area contributed by atoms with Crippen LogP contribution < -0.4 is 0 Å². The zero-order valence-electron chi connectivity index (χ0n) is 8.99. The average molecular weight is 186 g/mol. The Labute approximate surface area is 81.3 Å². The van der Waals surface area contributed by atoms with Gasteiger partial charge in [-0.25, -0.2) is 0 Å². The van der Waals surface area contributed by atoms with E-state index in [1.165, 1.54) is 0 Å². The fourth-order valence-electron chi connectivity index (χ4n) is 1.97. The van der Waals surface area contributed by atoms with Crippen molar-refractivity contribution in [2.75, 3.05) is 6.61 Å². The van der Waals surface area contributed by atoms with E-state index < -0.39 is 0 Å². The summed E-state index contributed by atoms with van der Waals surface area (Å²) in [4.78, 5) is 0. The van der Waals surface area contributed by atoms with Gasteiger partial charge in [0.15, 0.2) is 0 Å². The fraction of sp³-hybridized carbons (Fsp3) is 1.00. The van der Waals surface area contributed by atoms with Gasteiger partial charge in [0.1, 0.15) is 0 Å². The summed E-state index contributed by atoms with van der Waals surface area (Å²) in [6, 6.07) is 0. The molecule has 1 fully saturated rings. The van der Waals surface area contributed by atoms with Crippen molar-refractivity contribution in [2.24, 2.45) is 11.8 Å². The van der Waals surface area contributed by atoms with Crippen LogP contribution in [0.2, 0.25) is 0 Å². The molecular formula is C11H22O2. The number of hydrogen-bond acceptors (Lipinski definition) is 2. The summed E-state index contributed by atoms with van der Waals surface area (Å²) in [5, 5.41) is 9.89. The third kappa shape index (κ3) is 3.28. The second-order valence-corrected chi connectivity index (χ2v) is 4.57. The molecule has 0 saturated carbocycles. The highest BCUT2D eigenvalue weighted by atomic mass is 16.5. The molecule has 0 aromatic carbocycles. The third-order valence-electron chi connectivity index (χ3n) is 2.97. The molecule has 0 aromatic rings. The molecule has 0 bridgehead atoms. The maximum Gasteiger partial charge on any atom is 0.0600 e. The molecule has 1 saturated heterocycles. The van der Waals surface area contributed by atoms with Crippen LogP contribution >= 0.6 is 0 Å². The first-order valence-electron chi connectivity index (χ1n) is 5.41. The molecule has 3 atom stereocenters. The van der Waals surface area contributed by atoms with Crippen LogP contribution in [0.1, 0.15) is 40.0 Å². The van der Waals surface area contributed by atoms with Gasteiger partial charge in [-0.15, -0.1) is 0 Å². The van der Waals surface area contributed by atoms with Gasteiger partial charge in [-0.05, 0) is 32.1 Å². The van der Waals surface area contributed by atoms with Crippen molar-refractivity contribution in [3.05, 3.63) is 0 Å². The number of hydrogen-bond donors (Lipinski definition) is 1. The quantitative estimate of drug-likeness (QED) is 0.729. The molecular weight excluding hydrogens is 164 g/mol. The summed E-state index contributed by atoms with van der Waals surface area (Å²) in [7, 11) is 0. The minimum Gasteiger partial charge on any atom is -0.393 e. The van der Waals surface area contributed by atoms with Gasteiger partial charge >= 0.3 is 0 Å². The molecule has 0 amide bonds. The molecule has 0 aliphatic carbocycles. The lowest BCUT2D eigenvalue weighted by molar-refractivity contribution is 0.0370. The first-order chi connectivity index (χ1) is 6.11. The molecule has 1 rings (SSSR count). The number of aliphatic hydroxyl groups excluding tert-OH is 1. The summed E-state index contributed by atoms with van der Waals surface area (Å²) < 4.78 is 5.43. The van der Waals surface area contributed by atoms with Gasteiger partial charge in [0.25, 0.3) is 0 Å². The molecule has 78 valence electrons. The summed E-state index contributed by atoms with van der Waals surface area (Å²) in [6.07, 6.45) is 3.17. The molecule has 1 N–H and O–H groups in total. The first kappa shape index (κ1) is 11.0. The van der Waals surface area contributed by atoms with E-state index in [1.807, 2.05) is 0 Å². The van der Waals surface area contributed by atoms with E-state index in [9.17, 15) is 5.11 Å². The molecule has 0 aromatic heterocycles. The van der Waals surface area contributed by atoms with Crippen molar-refractivity contribution in [1.82, 2.24) is 0 Å². The Morgan fingerprint density at radius 2 is 2.08 bits per heavy atom. The Kier molecular flexibility index (Phi) is 4.20. The van der Waals surface area contributed by atoms with Crippen molar-refractivity contribution >= 4 is 0 Å². The average Bonchev–Trinajstić information content (AvgIpc) is 2.47. The predicted molar refractivity (Wildman–Crippen MR) is 53.6 cm³/mol. The van der Waals surface area contributed by atoms with E-state index in [0.717, 1.165) is 25.9 Å². The maximum absolute atomic E-state index is 9.89.